The van der Waals surface area contributed by atoms with E-state index in [0.29, 0.717) is 5.69 Å². The maximum Gasteiger partial charge on any atom is 0.573 e. The Labute approximate surface area is 117 Å². The number of methoxy groups -OCH3 is 1. The fraction of sp³-hybridized carbons (Fsp3) is 0.167. The third kappa shape index (κ3) is 3.88. The number of nitrogens with one attached hydrogen (secondary N) is 1. The topological polar surface area (TPSA) is 82.3 Å². The summed E-state index contributed by atoms with van der Waals surface area (Å²) in [6.45, 7) is 0. The number of halogens is 3. The van der Waals surface area contributed by atoms with E-state index in [2.05, 4.69) is 20.0 Å². The highest BCUT2D eigenvalue weighted by atomic mass is 19.4. The second kappa shape index (κ2) is 5.73. The van der Waals surface area contributed by atoms with Crippen LogP contribution in [-0.2, 0) is 0 Å². The molecule has 112 valence electrons. The predicted molar refractivity (Wildman–Crippen MR) is 69.4 cm³/mol. The van der Waals surface area contributed by atoms with Gasteiger partial charge in [-0.3, -0.25) is 0 Å². The zero-order valence-electron chi connectivity index (χ0n) is 10.8. The molecule has 0 saturated carbocycles. The third-order valence-corrected chi connectivity index (χ3v) is 2.37. The van der Waals surface area contributed by atoms with Crippen LogP contribution in [0.4, 0.5) is 30.4 Å². The number of hydrogen-bond donors (Lipinski definition) is 2. The van der Waals surface area contributed by atoms with Crippen molar-refractivity contribution in [3.05, 3.63) is 30.6 Å². The molecular weight excluding hydrogens is 289 g/mol. The fourth-order valence-electron chi connectivity index (χ4n) is 1.55. The Morgan fingerprint density at radius 2 is 2.00 bits per heavy atom. The molecule has 0 unspecified atom stereocenters. The molecule has 0 spiro atoms. The second-order valence-corrected chi connectivity index (χ2v) is 3.85. The van der Waals surface area contributed by atoms with Crippen molar-refractivity contribution in [1.82, 2.24) is 9.97 Å². The van der Waals surface area contributed by atoms with Crippen LogP contribution < -0.4 is 20.5 Å². The van der Waals surface area contributed by atoms with Gasteiger partial charge in [0.2, 0.25) is 5.88 Å². The normalized spacial score (nSPS) is 11.0. The largest absolute Gasteiger partial charge is 0.573 e. The number of rotatable bonds is 4. The molecule has 0 radical (unpaired) electrons. The molecule has 0 amide bonds. The Hall–Kier alpha value is -2.71. The Bertz CT molecular complexity index is 634. The Morgan fingerprint density at radius 3 is 2.67 bits per heavy atom. The maximum absolute atomic E-state index is 12.2. The predicted octanol–water partition coefficient (Wildman–Crippen LogP) is 2.71. The number of nitrogens with two attached hydrogens (primary N) is 1. The molecule has 2 rings (SSSR count). The van der Waals surface area contributed by atoms with Gasteiger partial charge in [-0.1, -0.05) is 6.07 Å². The van der Waals surface area contributed by atoms with E-state index in [9.17, 15) is 13.2 Å². The number of nitrogen functional groups attached to an aromatic ring is 1. The SMILES string of the molecule is COc1ncnc(Nc2cccc(OC(F)(F)F)c2)c1N. The first-order valence-electron chi connectivity index (χ1n) is 5.66. The highest BCUT2D eigenvalue weighted by Crippen LogP contribution is 2.29. The first kappa shape index (κ1) is 14.7. The molecule has 0 fully saturated rings. The molecular formula is C12H11F3N4O2. The van der Waals surface area contributed by atoms with Crippen molar-refractivity contribution in [2.45, 2.75) is 6.36 Å². The van der Waals surface area contributed by atoms with Crippen LogP contribution in [0.1, 0.15) is 0 Å². The van der Waals surface area contributed by atoms with Crippen LogP contribution in [0.2, 0.25) is 0 Å². The average Bonchev–Trinajstić information content (AvgIpc) is 2.40. The molecule has 9 heteroatoms. The summed E-state index contributed by atoms with van der Waals surface area (Å²) in [5, 5.41) is 2.77. The summed E-state index contributed by atoms with van der Waals surface area (Å²) >= 11 is 0. The van der Waals surface area contributed by atoms with E-state index < -0.39 is 6.36 Å². The molecule has 0 aliphatic rings. The molecule has 0 saturated heterocycles. The average molecular weight is 300 g/mol. The number of anilines is 3. The van der Waals surface area contributed by atoms with Gasteiger partial charge < -0.3 is 20.5 Å². The second-order valence-electron chi connectivity index (χ2n) is 3.85. The van der Waals surface area contributed by atoms with Gasteiger partial charge in [0, 0.05) is 11.8 Å². The molecule has 0 atom stereocenters. The van der Waals surface area contributed by atoms with Crippen molar-refractivity contribution in [2.75, 3.05) is 18.2 Å². The van der Waals surface area contributed by atoms with E-state index >= 15 is 0 Å². The van der Waals surface area contributed by atoms with Gasteiger partial charge in [0.25, 0.3) is 0 Å². The Kier molecular flexibility index (Phi) is 4.01. The van der Waals surface area contributed by atoms with Gasteiger partial charge in [0.05, 0.1) is 7.11 Å². The summed E-state index contributed by atoms with van der Waals surface area (Å²) in [6, 6.07) is 5.29. The van der Waals surface area contributed by atoms with Crippen LogP contribution >= 0.6 is 0 Å². The van der Waals surface area contributed by atoms with Crippen molar-refractivity contribution >= 4 is 17.2 Å². The summed E-state index contributed by atoms with van der Waals surface area (Å²) in [5.74, 6) is 0.0216. The van der Waals surface area contributed by atoms with E-state index in [-0.39, 0.29) is 23.1 Å². The van der Waals surface area contributed by atoms with Gasteiger partial charge in [-0.25, -0.2) is 4.98 Å². The highest BCUT2D eigenvalue weighted by molar-refractivity contribution is 5.72. The quantitative estimate of drug-likeness (QED) is 0.903. The number of nitrogens with zero attached hydrogens (tertiary/aromatic N) is 2. The fourth-order valence-corrected chi connectivity index (χ4v) is 1.55. The van der Waals surface area contributed by atoms with Crippen molar-refractivity contribution in [3.63, 3.8) is 0 Å². The van der Waals surface area contributed by atoms with Gasteiger partial charge in [-0.05, 0) is 12.1 Å². The number of hydrogen-bond acceptors (Lipinski definition) is 6. The van der Waals surface area contributed by atoms with Crippen molar-refractivity contribution in [2.24, 2.45) is 0 Å². The lowest BCUT2D eigenvalue weighted by molar-refractivity contribution is -0.274. The summed E-state index contributed by atoms with van der Waals surface area (Å²) in [7, 11) is 1.39. The minimum Gasteiger partial charge on any atom is -0.479 e. The highest BCUT2D eigenvalue weighted by Gasteiger charge is 2.31. The minimum atomic E-state index is -4.75. The number of aromatic nitrogens is 2. The van der Waals surface area contributed by atoms with Crippen LogP contribution in [-0.4, -0.2) is 23.4 Å². The molecule has 6 nitrogen and oxygen atoms in total. The molecule has 1 heterocycles. The summed E-state index contributed by atoms with van der Waals surface area (Å²) in [5.41, 5.74) is 6.22. The molecule has 0 aliphatic carbocycles. The van der Waals surface area contributed by atoms with Gasteiger partial charge in [0.15, 0.2) is 5.82 Å². The zero-order valence-corrected chi connectivity index (χ0v) is 10.8. The van der Waals surface area contributed by atoms with Crippen LogP contribution in [0.5, 0.6) is 11.6 Å². The van der Waals surface area contributed by atoms with Crippen molar-refractivity contribution in [1.29, 1.82) is 0 Å². The molecule has 3 N–H and O–H groups in total. The molecule has 0 bridgehead atoms. The van der Waals surface area contributed by atoms with Gasteiger partial charge >= 0.3 is 6.36 Å². The summed E-state index contributed by atoms with van der Waals surface area (Å²) < 4.78 is 45.2. The molecule has 1 aromatic heterocycles. The first-order valence-corrected chi connectivity index (χ1v) is 5.66. The lowest BCUT2D eigenvalue weighted by Crippen LogP contribution is -2.17. The standard InChI is InChI=1S/C12H11F3N4O2/c1-20-11-9(16)10(17-6-18-11)19-7-3-2-4-8(5-7)21-12(13,14)15/h2-6H,16H2,1H3,(H,17,18,19). The van der Waals surface area contributed by atoms with Gasteiger partial charge in [-0.15, -0.1) is 13.2 Å². The van der Waals surface area contributed by atoms with Crippen LogP contribution in [0.25, 0.3) is 0 Å². The number of alkyl halides is 3. The van der Waals surface area contributed by atoms with Crippen LogP contribution in [0, 0.1) is 0 Å². The molecule has 2 aromatic rings. The van der Waals surface area contributed by atoms with Crippen LogP contribution in [0.3, 0.4) is 0 Å². The van der Waals surface area contributed by atoms with Crippen LogP contribution in [0.15, 0.2) is 30.6 Å². The smallest absolute Gasteiger partial charge is 0.479 e. The monoisotopic (exact) mass is 300 g/mol. The summed E-state index contributed by atoms with van der Waals surface area (Å²) in [4.78, 5) is 7.69. The molecule has 0 aliphatic heterocycles. The maximum atomic E-state index is 12.2. The Balaban J connectivity index is 2.22. The van der Waals surface area contributed by atoms with E-state index in [0.717, 1.165) is 0 Å². The Morgan fingerprint density at radius 1 is 1.24 bits per heavy atom. The first-order chi connectivity index (χ1) is 9.89. The zero-order chi connectivity index (χ0) is 15.5. The van der Waals surface area contributed by atoms with Crippen molar-refractivity contribution < 1.29 is 22.6 Å². The van der Waals surface area contributed by atoms with Gasteiger partial charge in [-0.2, -0.15) is 4.98 Å². The van der Waals surface area contributed by atoms with Crippen molar-refractivity contribution in [3.8, 4) is 11.6 Å². The number of benzene rings is 1. The number of ether oxygens (including phenoxy) is 2. The summed E-state index contributed by atoms with van der Waals surface area (Å²) in [6.07, 6.45) is -3.54. The van der Waals surface area contributed by atoms with E-state index in [4.69, 9.17) is 10.5 Å². The lowest BCUT2D eigenvalue weighted by atomic mass is 10.3. The van der Waals surface area contributed by atoms with E-state index in [1.165, 1.54) is 37.7 Å². The molecule has 1 aromatic carbocycles. The third-order valence-electron chi connectivity index (χ3n) is 2.37. The minimum absolute atomic E-state index is 0.141. The lowest BCUT2D eigenvalue weighted by Gasteiger charge is -2.12. The van der Waals surface area contributed by atoms with E-state index in [1.54, 1.807) is 0 Å². The van der Waals surface area contributed by atoms with E-state index in [1.807, 2.05) is 0 Å². The molecule has 21 heavy (non-hydrogen) atoms. The van der Waals surface area contributed by atoms with Gasteiger partial charge in [0.1, 0.15) is 17.8 Å².